The summed E-state index contributed by atoms with van der Waals surface area (Å²) in [6.07, 6.45) is 4.52. The van der Waals surface area contributed by atoms with Crippen molar-refractivity contribution >= 4 is 6.03 Å². The fourth-order valence-corrected chi connectivity index (χ4v) is 3.05. The molecule has 122 valence electrons. The van der Waals surface area contributed by atoms with Crippen LogP contribution in [0.2, 0.25) is 0 Å². The number of benzene rings is 1. The fraction of sp³-hybridized carbons (Fsp3) is 0.611. The molecule has 1 aromatic carbocycles. The van der Waals surface area contributed by atoms with Crippen LogP contribution in [0.3, 0.4) is 0 Å². The molecule has 0 aliphatic carbocycles. The number of hydrogen-bond donors (Lipinski definition) is 1. The van der Waals surface area contributed by atoms with Crippen LogP contribution in [-0.4, -0.2) is 30.1 Å². The SMILES string of the molecule is CCOCc1ccccc1CNC(=O)N1CCCCC1CC. The number of amides is 2. The van der Waals surface area contributed by atoms with Crippen molar-refractivity contribution in [3.05, 3.63) is 35.4 Å². The Kier molecular flexibility index (Phi) is 6.72. The van der Waals surface area contributed by atoms with E-state index in [9.17, 15) is 4.79 Å². The highest BCUT2D eigenvalue weighted by molar-refractivity contribution is 5.74. The first-order valence-electron chi connectivity index (χ1n) is 8.45. The van der Waals surface area contributed by atoms with E-state index in [1.807, 2.05) is 24.0 Å². The maximum Gasteiger partial charge on any atom is 0.317 e. The molecule has 2 rings (SSSR count). The lowest BCUT2D eigenvalue weighted by molar-refractivity contribution is 0.133. The summed E-state index contributed by atoms with van der Waals surface area (Å²) in [6, 6.07) is 8.60. The van der Waals surface area contributed by atoms with E-state index < -0.39 is 0 Å². The Bertz CT molecular complexity index is 476. The van der Waals surface area contributed by atoms with E-state index in [-0.39, 0.29) is 6.03 Å². The van der Waals surface area contributed by atoms with Gasteiger partial charge in [-0.05, 0) is 43.7 Å². The summed E-state index contributed by atoms with van der Waals surface area (Å²) >= 11 is 0. The smallest absolute Gasteiger partial charge is 0.317 e. The molecule has 1 fully saturated rings. The number of carbonyl (C=O) groups is 1. The van der Waals surface area contributed by atoms with E-state index in [1.54, 1.807) is 0 Å². The topological polar surface area (TPSA) is 41.6 Å². The molecule has 1 saturated heterocycles. The summed E-state index contributed by atoms with van der Waals surface area (Å²) in [5.41, 5.74) is 2.28. The molecule has 4 heteroatoms. The summed E-state index contributed by atoms with van der Waals surface area (Å²) in [5.74, 6) is 0. The molecule has 1 atom stereocenters. The minimum Gasteiger partial charge on any atom is -0.377 e. The average molecular weight is 304 g/mol. The third kappa shape index (κ3) is 4.47. The van der Waals surface area contributed by atoms with Crippen LogP contribution in [0.15, 0.2) is 24.3 Å². The molecule has 4 nitrogen and oxygen atoms in total. The van der Waals surface area contributed by atoms with Crippen LogP contribution in [0.1, 0.15) is 50.7 Å². The molecule has 0 aromatic heterocycles. The van der Waals surface area contributed by atoms with Gasteiger partial charge in [0.05, 0.1) is 6.61 Å². The van der Waals surface area contributed by atoms with Crippen LogP contribution in [0.25, 0.3) is 0 Å². The lowest BCUT2D eigenvalue weighted by atomic mass is 10.0. The van der Waals surface area contributed by atoms with Crippen LogP contribution >= 0.6 is 0 Å². The van der Waals surface area contributed by atoms with Gasteiger partial charge in [-0.1, -0.05) is 31.2 Å². The second-order valence-corrected chi connectivity index (χ2v) is 5.82. The van der Waals surface area contributed by atoms with Gasteiger partial charge in [0.2, 0.25) is 0 Å². The highest BCUT2D eigenvalue weighted by atomic mass is 16.5. The van der Waals surface area contributed by atoms with Gasteiger partial charge in [0.1, 0.15) is 0 Å². The zero-order valence-electron chi connectivity index (χ0n) is 13.8. The predicted octanol–water partition coefficient (Wildman–Crippen LogP) is 3.70. The zero-order chi connectivity index (χ0) is 15.8. The Morgan fingerprint density at radius 3 is 2.77 bits per heavy atom. The first kappa shape index (κ1) is 16.8. The van der Waals surface area contributed by atoms with Gasteiger partial charge in [-0.3, -0.25) is 0 Å². The first-order chi connectivity index (χ1) is 10.8. The second-order valence-electron chi connectivity index (χ2n) is 5.82. The zero-order valence-corrected chi connectivity index (χ0v) is 13.8. The van der Waals surface area contributed by atoms with Crippen LogP contribution in [0.5, 0.6) is 0 Å². The number of piperidine rings is 1. The van der Waals surface area contributed by atoms with Crippen molar-refractivity contribution in [3.8, 4) is 0 Å². The van der Waals surface area contributed by atoms with Crippen LogP contribution < -0.4 is 5.32 Å². The molecule has 1 aliphatic rings. The molecular formula is C18H28N2O2. The Balaban J connectivity index is 1.93. The minimum atomic E-state index is 0.0674. The molecular weight excluding hydrogens is 276 g/mol. The van der Waals surface area contributed by atoms with Crippen LogP contribution in [0.4, 0.5) is 4.79 Å². The van der Waals surface area contributed by atoms with Crippen molar-refractivity contribution < 1.29 is 9.53 Å². The number of nitrogens with zero attached hydrogens (tertiary/aromatic N) is 1. The number of carbonyl (C=O) groups excluding carboxylic acids is 1. The summed E-state index contributed by atoms with van der Waals surface area (Å²) < 4.78 is 5.49. The normalized spacial score (nSPS) is 18.3. The molecule has 1 aromatic rings. The van der Waals surface area contributed by atoms with E-state index in [0.29, 0.717) is 25.8 Å². The molecule has 1 aliphatic heterocycles. The number of urea groups is 1. The standard InChI is InChI=1S/C18H28N2O2/c1-3-17-11-7-8-12-20(17)18(21)19-13-15-9-5-6-10-16(15)14-22-4-2/h5-6,9-10,17H,3-4,7-8,11-14H2,1-2H3,(H,19,21). The van der Waals surface area contributed by atoms with Gasteiger partial charge in [0.25, 0.3) is 0 Å². The van der Waals surface area contributed by atoms with E-state index in [4.69, 9.17) is 4.74 Å². The maximum atomic E-state index is 12.4. The Hall–Kier alpha value is -1.55. The molecule has 1 N–H and O–H groups in total. The average Bonchev–Trinajstić information content (AvgIpc) is 2.58. The van der Waals surface area contributed by atoms with Gasteiger partial charge in [-0.25, -0.2) is 4.79 Å². The van der Waals surface area contributed by atoms with Crippen molar-refractivity contribution in [2.45, 2.75) is 58.7 Å². The molecule has 2 amide bonds. The van der Waals surface area contributed by atoms with Gasteiger partial charge in [0.15, 0.2) is 0 Å². The lowest BCUT2D eigenvalue weighted by Crippen LogP contribution is -2.48. The van der Waals surface area contributed by atoms with Crippen molar-refractivity contribution in [3.63, 3.8) is 0 Å². The van der Waals surface area contributed by atoms with E-state index in [2.05, 4.69) is 24.4 Å². The number of ether oxygens (including phenoxy) is 1. The van der Waals surface area contributed by atoms with Gasteiger partial charge in [-0.15, -0.1) is 0 Å². The maximum absolute atomic E-state index is 12.4. The molecule has 0 saturated carbocycles. The highest BCUT2D eigenvalue weighted by Gasteiger charge is 2.24. The van der Waals surface area contributed by atoms with Gasteiger partial charge < -0.3 is 15.0 Å². The van der Waals surface area contributed by atoms with Crippen LogP contribution in [-0.2, 0) is 17.9 Å². The van der Waals surface area contributed by atoms with Gasteiger partial charge >= 0.3 is 6.03 Å². The van der Waals surface area contributed by atoms with Gasteiger partial charge in [0, 0.05) is 25.7 Å². The monoisotopic (exact) mass is 304 g/mol. The fourth-order valence-electron chi connectivity index (χ4n) is 3.05. The third-order valence-electron chi connectivity index (χ3n) is 4.37. The van der Waals surface area contributed by atoms with E-state index in [1.165, 1.54) is 6.42 Å². The van der Waals surface area contributed by atoms with Crippen molar-refractivity contribution in [1.29, 1.82) is 0 Å². The Labute approximate surface area is 133 Å². The quantitative estimate of drug-likeness (QED) is 0.870. The second kappa shape index (κ2) is 8.79. The van der Waals surface area contributed by atoms with Crippen molar-refractivity contribution in [1.82, 2.24) is 10.2 Å². The molecule has 0 spiro atoms. The van der Waals surface area contributed by atoms with Crippen molar-refractivity contribution in [2.75, 3.05) is 13.2 Å². The number of likely N-dealkylation sites (tertiary alicyclic amines) is 1. The summed E-state index contributed by atoms with van der Waals surface area (Å²) in [7, 11) is 0. The number of hydrogen-bond acceptors (Lipinski definition) is 2. The summed E-state index contributed by atoms with van der Waals surface area (Å²) in [5, 5.41) is 3.08. The molecule has 0 bridgehead atoms. The van der Waals surface area contributed by atoms with Gasteiger partial charge in [-0.2, -0.15) is 0 Å². The first-order valence-corrected chi connectivity index (χ1v) is 8.45. The lowest BCUT2D eigenvalue weighted by Gasteiger charge is -2.35. The Morgan fingerprint density at radius 1 is 1.27 bits per heavy atom. The van der Waals surface area contributed by atoms with Crippen molar-refractivity contribution in [2.24, 2.45) is 0 Å². The number of nitrogens with one attached hydrogen (secondary N) is 1. The summed E-state index contributed by atoms with van der Waals surface area (Å²) in [6.45, 7) is 6.90. The number of rotatable bonds is 6. The molecule has 22 heavy (non-hydrogen) atoms. The Morgan fingerprint density at radius 2 is 2.05 bits per heavy atom. The summed E-state index contributed by atoms with van der Waals surface area (Å²) in [4.78, 5) is 14.5. The third-order valence-corrected chi connectivity index (χ3v) is 4.37. The minimum absolute atomic E-state index is 0.0674. The van der Waals surface area contributed by atoms with E-state index >= 15 is 0 Å². The molecule has 1 heterocycles. The predicted molar refractivity (Wildman–Crippen MR) is 88.6 cm³/mol. The molecule has 1 unspecified atom stereocenters. The van der Waals surface area contributed by atoms with Crippen LogP contribution in [0, 0.1) is 0 Å². The molecule has 0 radical (unpaired) electrons. The largest absolute Gasteiger partial charge is 0.377 e. The van der Waals surface area contributed by atoms with E-state index in [0.717, 1.165) is 36.9 Å². The highest BCUT2D eigenvalue weighted by Crippen LogP contribution is 2.19.